The highest BCUT2D eigenvalue weighted by atomic mass is 16.6. The molecule has 1 rings (SSSR count). The highest BCUT2D eigenvalue weighted by Gasteiger charge is 2.22. The molecule has 0 bridgehead atoms. The first-order valence-electron chi connectivity index (χ1n) is 4.90. The number of benzene rings is 1. The number of aldehydes is 1. The van der Waals surface area contributed by atoms with E-state index in [0.29, 0.717) is 6.29 Å². The van der Waals surface area contributed by atoms with Crippen molar-refractivity contribution in [1.29, 1.82) is 0 Å². The maximum Gasteiger partial charge on any atom is 0.310 e. The van der Waals surface area contributed by atoms with Crippen molar-refractivity contribution in [2.75, 3.05) is 14.2 Å². The molecular formula is C11H11NO6. The Balaban J connectivity index is 3.39. The topological polar surface area (TPSA) is 95.7 Å². The van der Waals surface area contributed by atoms with E-state index in [9.17, 15) is 19.7 Å². The van der Waals surface area contributed by atoms with Crippen molar-refractivity contribution >= 4 is 17.9 Å². The van der Waals surface area contributed by atoms with Crippen LogP contribution in [-0.2, 0) is 16.0 Å². The molecule has 96 valence electrons. The largest absolute Gasteiger partial charge is 0.496 e. The molecule has 1 aromatic carbocycles. The number of nitro benzene ring substituents is 1. The van der Waals surface area contributed by atoms with Crippen LogP contribution in [0.4, 0.5) is 5.69 Å². The summed E-state index contributed by atoms with van der Waals surface area (Å²) in [4.78, 5) is 32.3. The second kappa shape index (κ2) is 5.76. The standard InChI is InChI=1S/C11H11NO6/c1-17-8-3-7(6-13)9(5-11(14)18-2)10(4-8)12(15)16/h3-4,6H,5H2,1-2H3. The van der Waals surface area contributed by atoms with E-state index in [1.54, 1.807) is 0 Å². The lowest BCUT2D eigenvalue weighted by Crippen LogP contribution is -2.09. The quantitative estimate of drug-likeness (QED) is 0.338. The third-order valence-electron chi connectivity index (χ3n) is 2.34. The molecule has 18 heavy (non-hydrogen) atoms. The summed E-state index contributed by atoms with van der Waals surface area (Å²) in [7, 11) is 2.49. The summed E-state index contributed by atoms with van der Waals surface area (Å²) >= 11 is 0. The Morgan fingerprint density at radius 3 is 2.56 bits per heavy atom. The Bertz CT molecular complexity index is 497. The average molecular weight is 253 g/mol. The fourth-order valence-electron chi connectivity index (χ4n) is 1.45. The average Bonchev–Trinajstić information content (AvgIpc) is 2.38. The van der Waals surface area contributed by atoms with Crippen molar-refractivity contribution in [1.82, 2.24) is 0 Å². The zero-order valence-electron chi connectivity index (χ0n) is 9.84. The molecule has 0 saturated heterocycles. The van der Waals surface area contributed by atoms with Gasteiger partial charge in [-0.1, -0.05) is 0 Å². The molecule has 0 aliphatic heterocycles. The Morgan fingerprint density at radius 2 is 2.11 bits per heavy atom. The zero-order chi connectivity index (χ0) is 13.7. The van der Waals surface area contributed by atoms with Gasteiger partial charge in [0.15, 0.2) is 6.29 Å². The molecule has 0 spiro atoms. The van der Waals surface area contributed by atoms with E-state index >= 15 is 0 Å². The van der Waals surface area contributed by atoms with E-state index in [1.807, 2.05) is 0 Å². The van der Waals surface area contributed by atoms with Crippen LogP contribution in [0.25, 0.3) is 0 Å². The van der Waals surface area contributed by atoms with Crippen LogP contribution in [0, 0.1) is 10.1 Å². The minimum absolute atomic E-state index is 0.0163. The van der Waals surface area contributed by atoms with Crippen LogP contribution in [0.15, 0.2) is 12.1 Å². The molecule has 0 aliphatic rings. The van der Waals surface area contributed by atoms with Gasteiger partial charge in [-0.05, 0) is 6.07 Å². The third kappa shape index (κ3) is 2.82. The number of nitro groups is 1. The fraction of sp³-hybridized carbons (Fsp3) is 0.273. The molecule has 0 aliphatic carbocycles. The molecule has 0 N–H and O–H groups in total. The van der Waals surface area contributed by atoms with Crippen LogP contribution in [0.5, 0.6) is 5.75 Å². The van der Waals surface area contributed by atoms with Gasteiger partial charge in [0.1, 0.15) is 5.75 Å². The Kier molecular flexibility index (Phi) is 4.36. The maximum atomic E-state index is 11.2. The van der Waals surface area contributed by atoms with E-state index in [2.05, 4.69) is 4.74 Å². The van der Waals surface area contributed by atoms with Crippen molar-refractivity contribution in [3.63, 3.8) is 0 Å². The normalized spacial score (nSPS) is 9.67. The summed E-state index contributed by atoms with van der Waals surface area (Å²) in [5.74, 6) is -0.483. The van der Waals surface area contributed by atoms with Gasteiger partial charge in [0, 0.05) is 5.56 Å². The summed E-state index contributed by atoms with van der Waals surface area (Å²) < 4.78 is 9.29. The van der Waals surface area contributed by atoms with E-state index < -0.39 is 10.9 Å². The second-order valence-corrected chi connectivity index (χ2v) is 3.34. The number of ether oxygens (including phenoxy) is 2. The van der Waals surface area contributed by atoms with E-state index in [4.69, 9.17) is 4.74 Å². The molecule has 0 atom stereocenters. The number of nitrogens with zero attached hydrogens (tertiary/aromatic N) is 1. The van der Waals surface area contributed by atoms with Gasteiger partial charge in [0.05, 0.1) is 37.2 Å². The van der Waals surface area contributed by atoms with Gasteiger partial charge in [0.25, 0.3) is 5.69 Å². The first-order chi connectivity index (χ1) is 8.53. The summed E-state index contributed by atoms with van der Waals surface area (Å²) in [5.41, 5.74) is -0.295. The first-order valence-corrected chi connectivity index (χ1v) is 4.90. The van der Waals surface area contributed by atoms with Gasteiger partial charge in [-0.15, -0.1) is 0 Å². The Morgan fingerprint density at radius 1 is 1.44 bits per heavy atom. The summed E-state index contributed by atoms with van der Waals surface area (Å²) in [5, 5.41) is 10.9. The molecule has 0 saturated carbocycles. The summed E-state index contributed by atoms with van der Waals surface area (Å²) in [6, 6.07) is 2.49. The number of rotatable bonds is 5. The van der Waals surface area contributed by atoms with Gasteiger partial charge in [-0.25, -0.2) is 0 Å². The van der Waals surface area contributed by atoms with Crippen molar-refractivity contribution in [3.8, 4) is 5.75 Å². The van der Waals surface area contributed by atoms with Gasteiger partial charge >= 0.3 is 5.97 Å². The van der Waals surface area contributed by atoms with E-state index in [1.165, 1.54) is 13.2 Å². The molecule has 0 unspecified atom stereocenters. The molecule has 0 fully saturated rings. The number of esters is 1. The van der Waals surface area contributed by atoms with Crippen LogP contribution < -0.4 is 4.74 Å². The highest BCUT2D eigenvalue weighted by molar-refractivity contribution is 5.85. The van der Waals surface area contributed by atoms with Gasteiger partial charge in [0.2, 0.25) is 0 Å². The molecule has 7 nitrogen and oxygen atoms in total. The maximum absolute atomic E-state index is 11.2. The molecule has 0 heterocycles. The number of methoxy groups -OCH3 is 2. The highest BCUT2D eigenvalue weighted by Crippen LogP contribution is 2.28. The SMILES string of the molecule is COC(=O)Cc1c(C=O)cc(OC)cc1[N+](=O)[O-]. The smallest absolute Gasteiger partial charge is 0.310 e. The lowest BCUT2D eigenvalue weighted by Gasteiger charge is -2.07. The predicted octanol–water partition coefficient (Wildman–Crippen LogP) is 1.13. The molecule has 0 amide bonds. The summed E-state index contributed by atoms with van der Waals surface area (Å²) in [6.07, 6.45) is 0.0959. The van der Waals surface area contributed by atoms with Crippen LogP contribution in [-0.4, -0.2) is 31.4 Å². The van der Waals surface area contributed by atoms with Crippen LogP contribution in [0.3, 0.4) is 0 Å². The second-order valence-electron chi connectivity index (χ2n) is 3.34. The number of carbonyl (C=O) groups is 2. The van der Waals surface area contributed by atoms with Gasteiger partial charge in [-0.2, -0.15) is 0 Å². The first kappa shape index (κ1) is 13.6. The zero-order valence-corrected chi connectivity index (χ0v) is 9.84. The minimum atomic E-state index is -0.673. The molecule has 1 aromatic rings. The van der Waals surface area contributed by atoms with Crippen molar-refractivity contribution in [3.05, 3.63) is 33.4 Å². The fourth-order valence-corrected chi connectivity index (χ4v) is 1.45. The number of hydrogen-bond acceptors (Lipinski definition) is 6. The van der Waals surface area contributed by atoms with Gasteiger partial charge < -0.3 is 9.47 Å². The Hall–Kier alpha value is -2.44. The Labute approximate surface area is 102 Å². The van der Waals surface area contributed by atoms with Crippen LogP contribution in [0.1, 0.15) is 15.9 Å². The third-order valence-corrected chi connectivity index (χ3v) is 2.34. The molecule has 7 heteroatoms. The van der Waals surface area contributed by atoms with Crippen molar-refractivity contribution < 1.29 is 24.0 Å². The number of hydrogen-bond donors (Lipinski definition) is 0. The summed E-state index contributed by atoms with van der Waals surface area (Å²) in [6.45, 7) is 0. The van der Waals surface area contributed by atoms with Crippen LogP contribution >= 0.6 is 0 Å². The van der Waals surface area contributed by atoms with Crippen molar-refractivity contribution in [2.24, 2.45) is 0 Å². The van der Waals surface area contributed by atoms with Crippen LogP contribution in [0.2, 0.25) is 0 Å². The number of carbonyl (C=O) groups excluding carboxylic acids is 2. The lowest BCUT2D eigenvalue weighted by molar-refractivity contribution is -0.385. The lowest BCUT2D eigenvalue weighted by atomic mass is 10.0. The molecule has 0 radical (unpaired) electrons. The van der Waals surface area contributed by atoms with E-state index in [0.717, 1.165) is 13.2 Å². The van der Waals surface area contributed by atoms with Crippen molar-refractivity contribution in [2.45, 2.75) is 6.42 Å². The van der Waals surface area contributed by atoms with Gasteiger partial charge in [-0.3, -0.25) is 19.7 Å². The molecule has 0 aromatic heterocycles. The predicted molar refractivity (Wildman–Crippen MR) is 60.8 cm³/mol. The monoisotopic (exact) mass is 253 g/mol. The molecular weight excluding hydrogens is 242 g/mol. The van der Waals surface area contributed by atoms with E-state index in [-0.39, 0.29) is 29.0 Å². The minimum Gasteiger partial charge on any atom is -0.496 e.